The van der Waals surface area contributed by atoms with E-state index < -0.39 is 0 Å². The van der Waals surface area contributed by atoms with Crippen molar-refractivity contribution in [1.29, 1.82) is 0 Å². The third-order valence-electron chi connectivity index (χ3n) is 8.36. The number of hydrogen-bond acceptors (Lipinski definition) is 3. The summed E-state index contributed by atoms with van der Waals surface area (Å²) in [6.07, 6.45) is 29.9. The number of aromatic nitrogens is 2. The Labute approximate surface area is 228 Å². The number of rotatable bonds is 19. The lowest BCUT2D eigenvalue weighted by Crippen LogP contribution is -2.15. The summed E-state index contributed by atoms with van der Waals surface area (Å²) >= 11 is 0. The molecular weight excluding hydrogens is 452 g/mol. The summed E-state index contributed by atoms with van der Waals surface area (Å²) in [7, 11) is 0. The van der Waals surface area contributed by atoms with E-state index in [0.29, 0.717) is 0 Å². The maximum atomic E-state index is 5.96. The Kier molecular flexibility index (Phi) is 14.7. The zero-order valence-electron chi connectivity index (χ0n) is 24.1. The van der Waals surface area contributed by atoms with Gasteiger partial charge in [-0.05, 0) is 60.9 Å². The van der Waals surface area contributed by atoms with Crippen LogP contribution in [0.25, 0.3) is 11.4 Å². The minimum Gasteiger partial charge on any atom is -0.494 e. The Morgan fingerprint density at radius 1 is 0.649 bits per heavy atom. The first-order valence-corrected chi connectivity index (χ1v) is 15.8. The fourth-order valence-corrected chi connectivity index (χ4v) is 5.79. The van der Waals surface area contributed by atoms with Gasteiger partial charge in [0, 0.05) is 18.0 Å². The summed E-state index contributed by atoms with van der Waals surface area (Å²) in [6, 6.07) is 8.28. The van der Waals surface area contributed by atoms with Crippen LogP contribution in [-0.2, 0) is 6.42 Å². The van der Waals surface area contributed by atoms with Crippen molar-refractivity contribution in [3.8, 4) is 17.1 Å². The van der Waals surface area contributed by atoms with Gasteiger partial charge in [-0.3, -0.25) is 0 Å². The van der Waals surface area contributed by atoms with E-state index in [1.807, 2.05) is 12.4 Å². The summed E-state index contributed by atoms with van der Waals surface area (Å²) in [6.45, 7) is 5.40. The molecule has 0 amide bonds. The van der Waals surface area contributed by atoms with Crippen LogP contribution in [0, 0.1) is 11.8 Å². The minimum absolute atomic E-state index is 0.807. The van der Waals surface area contributed by atoms with Crippen LogP contribution in [0.4, 0.5) is 0 Å². The SMILES string of the molecule is CCCCCCCCCCCCOc1ccc(-c2ncc(CCC3CCC(CCCC)CC3)cn2)cc1. The second-order valence-electron chi connectivity index (χ2n) is 11.5. The van der Waals surface area contributed by atoms with Crippen LogP contribution < -0.4 is 4.74 Å². The van der Waals surface area contributed by atoms with Gasteiger partial charge in [0.25, 0.3) is 0 Å². The Bertz CT molecular complexity index is 809. The number of benzene rings is 1. The first-order chi connectivity index (χ1) is 18.3. The van der Waals surface area contributed by atoms with Gasteiger partial charge in [0.05, 0.1) is 6.61 Å². The normalized spacial score (nSPS) is 17.7. The van der Waals surface area contributed by atoms with E-state index in [2.05, 4.69) is 48.1 Å². The summed E-state index contributed by atoms with van der Waals surface area (Å²) in [5.41, 5.74) is 2.33. The van der Waals surface area contributed by atoms with Crippen LogP contribution in [0.1, 0.15) is 135 Å². The molecule has 2 aromatic rings. The molecule has 0 radical (unpaired) electrons. The van der Waals surface area contributed by atoms with Gasteiger partial charge in [0.1, 0.15) is 5.75 Å². The maximum absolute atomic E-state index is 5.96. The predicted octanol–water partition coefficient (Wildman–Crippen LogP) is 10.4. The van der Waals surface area contributed by atoms with Gasteiger partial charge in [-0.2, -0.15) is 0 Å². The summed E-state index contributed by atoms with van der Waals surface area (Å²) in [5.74, 6) is 3.64. The van der Waals surface area contributed by atoms with E-state index >= 15 is 0 Å². The molecule has 0 spiro atoms. The molecule has 1 aliphatic carbocycles. The van der Waals surface area contributed by atoms with Crippen molar-refractivity contribution in [1.82, 2.24) is 9.97 Å². The average molecular weight is 507 g/mol. The molecular formula is C34H54N2O. The van der Waals surface area contributed by atoms with Gasteiger partial charge < -0.3 is 4.74 Å². The smallest absolute Gasteiger partial charge is 0.159 e. The molecule has 37 heavy (non-hydrogen) atoms. The first-order valence-electron chi connectivity index (χ1n) is 15.8. The van der Waals surface area contributed by atoms with Gasteiger partial charge in [0.15, 0.2) is 5.82 Å². The summed E-state index contributed by atoms with van der Waals surface area (Å²) in [5, 5.41) is 0. The highest BCUT2D eigenvalue weighted by atomic mass is 16.5. The van der Waals surface area contributed by atoms with Crippen LogP contribution in [0.3, 0.4) is 0 Å². The molecule has 1 aromatic carbocycles. The van der Waals surface area contributed by atoms with Gasteiger partial charge >= 0.3 is 0 Å². The van der Waals surface area contributed by atoms with Crippen LogP contribution in [0.2, 0.25) is 0 Å². The van der Waals surface area contributed by atoms with Crippen LogP contribution in [0.5, 0.6) is 5.75 Å². The van der Waals surface area contributed by atoms with E-state index in [1.54, 1.807) is 0 Å². The maximum Gasteiger partial charge on any atom is 0.159 e. The number of unbranched alkanes of at least 4 members (excludes halogenated alkanes) is 10. The molecule has 0 N–H and O–H groups in total. The predicted molar refractivity (Wildman–Crippen MR) is 158 cm³/mol. The standard InChI is InChI=1S/C34H54N2O/c1-3-5-7-8-9-10-11-12-13-14-26-37-33-24-22-32(23-25-33)34-35-27-31(28-36-34)21-20-30-18-16-29(17-19-30)15-6-4-2/h22-25,27-30H,3-21,26H2,1-2H3. The molecule has 0 unspecified atom stereocenters. The van der Waals surface area contributed by atoms with E-state index in [0.717, 1.165) is 48.4 Å². The quantitative estimate of drug-likeness (QED) is 0.178. The lowest BCUT2D eigenvalue weighted by Gasteiger charge is -2.28. The Morgan fingerprint density at radius 3 is 1.78 bits per heavy atom. The van der Waals surface area contributed by atoms with Crippen LogP contribution in [0.15, 0.2) is 36.7 Å². The fourth-order valence-electron chi connectivity index (χ4n) is 5.79. The van der Waals surface area contributed by atoms with Crippen molar-refractivity contribution in [2.24, 2.45) is 11.8 Å². The topological polar surface area (TPSA) is 35.0 Å². The number of aryl methyl sites for hydroxylation is 1. The van der Waals surface area contributed by atoms with Crippen LogP contribution >= 0.6 is 0 Å². The highest BCUT2D eigenvalue weighted by Crippen LogP contribution is 2.34. The lowest BCUT2D eigenvalue weighted by molar-refractivity contribution is 0.250. The van der Waals surface area contributed by atoms with Crippen LogP contribution in [-0.4, -0.2) is 16.6 Å². The zero-order chi connectivity index (χ0) is 26.0. The molecule has 0 bridgehead atoms. The minimum atomic E-state index is 0.807. The monoisotopic (exact) mass is 506 g/mol. The second kappa shape index (κ2) is 18.4. The molecule has 1 heterocycles. The highest BCUT2D eigenvalue weighted by molar-refractivity contribution is 5.55. The highest BCUT2D eigenvalue weighted by Gasteiger charge is 2.20. The molecule has 0 saturated heterocycles. The average Bonchev–Trinajstić information content (AvgIpc) is 2.95. The Hall–Kier alpha value is -1.90. The number of nitrogens with zero attached hydrogens (tertiary/aromatic N) is 2. The molecule has 0 atom stereocenters. The van der Waals surface area contributed by atoms with Gasteiger partial charge in [0.2, 0.25) is 0 Å². The summed E-state index contributed by atoms with van der Waals surface area (Å²) in [4.78, 5) is 9.34. The zero-order valence-corrected chi connectivity index (χ0v) is 24.1. The third kappa shape index (κ3) is 12.0. The molecule has 1 aliphatic rings. The van der Waals surface area contributed by atoms with E-state index in [9.17, 15) is 0 Å². The lowest BCUT2D eigenvalue weighted by atomic mass is 9.78. The van der Waals surface area contributed by atoms with E-state index in [-0.39, 0.29) is 0 Å². The third-order valence-corrected chi connectivity index (χ3v) is 8.36. The van der Waals surface area contributed by atoms with Crippen molar-refractivity contribution < 1.29 is 4.74 Å². The van der Waals surface area contributed by atoms with Crippen molar-refractivity contribution in [3.05, 3.63) is 42.2 Å². The van der Waals surface area contributed by atoms with Gasteiger partial charge in [-0.15, -0.1) is 0 Å². The number of ether oxygens (including phenoxy) is 1. The molecule has 1 saturated carbocycles. The molecule has 1 aromatic heterocycles. The van der Waals surface area contributed by atoms with Crippen molar-refractivity contribution in [2.45, 2.75) is 136 Å². The van der Waals surface area contributed by atoms with Crippen molar-refractivity contribution in [3.63, 3.8) is 0 Å². The van der Waals surface area contributed by atoms with Crippen molar-refractivity contribution in [2.75, 3.05) is 6.61 Å². The first kappa shape index (κ1) is 29.7. The molecule has 206 valence electrons. The number of hydrogen-bond donors (Lipinski definition) is 0. The van der Waals surface area contributed by atoms with Gasteiger partial charge in [-0.1, -0.05) is 117 Å². The molecule has 3 nitrogen and oxygen atoms in total. The molecule has 3 rings (SSSR count). The van der Waals surface area contributed by atoms with Gasteiger partial charge in [-0.25, -0.2) is 9.97 Å². The Balaban J connectivity index is 1.27. The molecule has 1 fully saturated rings. The largest absolute Gasteiger partial charge is 0.494 e. The second-order valence-corrected chi connectivity index (χ2v) is 11.5. The van der Waals surface area contributed by atoms with E-state index in [4.69, 9.17) is 4.74 Å². The Morgan fingerprint density at radius 2 is 1.19 bits per heavy atom. The molecule has 3 heteroatoms. The fraction of sp³-hybridized carbons (Fsp3) is 0.706. The summed E-state index contributed by atoms with van der Waals surface area (Å²) < 4.78 is 5.96. The van der Waals surface area contributed by atoms with E-state index in [1.165, 1.54) is 115 Å². The molecule has 0 aliphatic heterocycles. The van der Waals surface area contributed by atoms with Crippen molar-refractivity contribution >= 4 is 0 Å².